The Morgan fingerprint density at radius 3 is 2.45 bits per heavy atom. The topological polar surface area (TPSA) is 47.6 Å². The van der Waals surface area contributed by atoms with Gasteiger partial charge < -0.3 is 14.8 Å². The first-order chi connectivity index (χ1) is 10.6. The van der Waals surface area contributed by atoms with Crippen LogP contribution in [0.25, 0.3) is 0 Å². The summed E-state index contributed by atoms with van der Waals surface area (Å²) in [5.41, 5.74) is 1.28. The Bertz CT molecular complexity index is 673. The lowest BCUT2D eigenvalue weighted by atomic mass is 10.1. The Morgan fingerprint density at radius 1 is 1.09 bits per heavy atom. The average molecular weight is 320 g/mol. The first kappa shape index (κ1) is 16.2. The number of rotatable bonds is 5. The van der Waals surface area contributed by atoms with E-state index in [1.165, 1.54) is 14.2 Å². The largest absolute Gasteiger partial charge is 0.493 e. The third-order valence-electron chi connectivity index (χ3n) is 3.37. The van der Waals surface area contributed by atoms with Crippen LogP contribution in [0.5, 0.6) is 11.5 Å². The Kier molecular flexibility index (Phi) is 5.28. The van der Waals surface area contributed by atoms with E-state index in [9.17, 15) is 4.79 Å². The molecule has 2 rings (SSSR count). The van der Waals surface area contributed by atoms with Crippen LogP contribution in [0.1, 0.15) is 28.9 Å². The SMILES string of the molecule is COc1cccc(C(=O)N[C@H](C)c2ccccc2Cl)c1OC. The van der Waals surface area contributed by atoms with Crippen molar-refractivity contribution in [2.75, 3.05) is 14.2 Å². The van der Waals surface area contributed by atoms with Crippen molar-refractivity contribution in [1.82, 2.24) is 5.32 Å². The monoisotopic (exact) mass is 319 g/mol. The molecule has 0 aliphatic heterocycles. The summed E-state index contributed by atoms with van der Waals surface area (Å²) in [5.74, 6) is 0.678. The molecular weight excluding hydrogens is 302 g/mol. The van der Waals surface area contributed by atoms with Gasteiger partial charge in [0.05, 0.1) is 25.8 Å². The first-order valence-corrected chi connectivity index (χ1v) is 7.22. The fourth-order valence-corrected chi connectivity index (χ4v) is 2.54. The predicted molar refractivity (Wildman–Crippen MR) is 86.9 cm³/mol. The molecule has 1 N–H and O–H groups in total. The number of para-hydroxylation sites is 1. The maximum atomic E-state index is 12.5. The zero-order valence-corrected chi connectivity index (χ0v) is 13.5. The van der Waals surface area contributed by atoms with E-state index in [4.69, 9.17) is 21.1 Å². The van der Waals surface area contributed by atoms with E-state index in [1.54, 1.807) is 24.3 Å². The van der Waals surface area contributed by atoms with E-state index in [0.29, 0.717) is 22.1 Å². The first-order valence-electron chi connectivity index (χ1n) is 6.84. The molecule has 22 heavy (non-hydrogen) atoms. The summed E-state index contributed by atoms with van der Waals surface area (Å²) in [4.78, 5) is 12.5. The zero-order valence-electron chi connectivity index (χ0n) is 12.7. The van der Waals surface area contributed by atoms with Crippen LogP contribution in [-0.4, -0.2) is 20.1 Å². The van der Waals surface area contributed by atoms with Gasteiger partial charge in [0, 0.05) is 5.02 Å². The van der Waals surface area contributed by atoms with Gasteiger partial charge in [-0.1, -0.05) is 35.9 Å². The Hall–Kier alpha value is -2.20. The van der Waals surface area contributed by atoms with Crippen molar-refractivity contribution in [3.8, 4) is 11.5 Å². The molecule has 0 aliphatic carbocycles. The van der Waals surface area contributed by atoms with Gasteiger partial charge >= 0.3 is 0 Å². The standard InChI is InChI=1S/C17H18ClNO3/c1-11(12-7-4-5-9-14(12)18)19-17(20)13-8-6-10-15(21-2)16(13)22-3/h4-11H,1-3H3,(H,19,20)/t11-/m1/s1. The van der Waals surface area contributed by atoms with Crippen molar-refractivity contribution in [2.45, 2.75) is 13.0 Å². The molecule has 2 aromatic carbocycles. The highest BCUT2D eigenvalue weighted by Crippen LogP contribution is 2.31. The van der Waals surface area contributed by atoms with Crippen LogP contribution >= 0.6 is 11.6 Å². The summed E-state index contributed by atoms with van der Waals surface area (Å²) in [7, 11) is 3.04. The number of carbonyl (C=O) groups is 1. The van der Waals surface area contributed by atoms with Crippen LogP contribution in [0.4, 0.5) is 0 Å². The normalized spacial score (nSPS) is 11.6. The van der Waals surface area contributed by atoms with Crippen molar-refractivity contribution < 1.29 is 14.3 Å². The molecule has 0 aromatic heterocycles. The van der Waals surface area contributed by atoms with E-state index in [1.807, 2.05) is 25.1 Å². The number of methoxy groups -OCH3 is 2. The van der Waals surface area contributed by atoms with Gasteiger partial charge in [0.1, 0.15) is 0 Å². The van der Waals surface area contributed by atoms with Gasteiger partial charge in [-0.05, 0) is 30.7 Å². The number of ether oxygens (including phenoxy) is 2. The van der Waals surface area contributed by atoms with Gasteiger partial charge in [-0.3, -0.25) is 4.79 Å². The summed E-state index contributed by atoms with van der Waals surface area (Å²) in [6, 6.07) is 12.4. The summed E-state index contributed by atoms with van der Waals surface area (Å²) >= 11 is 6.16. The summed E-state index contributed by atoms with van der Waals surface area (Å²) in [6.07, 6.45) is 0. The fraction of sp³-hybridized carbons (Fsp3) is 0.235. The molecule has 0 fully saturated rings. The summed E-state index contributed by atoms with van der Waals surface area (Å²) in [6.45, 7) is 1.88. The van der Waals surface area contributed by atoms with Crippen LogP contribution in [0, 0.1) is 0 Å². The molecule has 4 nitrogen and oxygen atoms in total. The molecule has 0 aliphatic rings. The van der Waals surface area contributed by atoms with Crippen LogP contribution in [0.3, 0.4) is 0 Å². The van der Waals surface area contributed by atoms with Gasteiger partial charge in [-0.25, -0.2) is 0 Å². The van der Waals surface area contributed by atoms with Crippen molar-refractivity contribution in [3.05, 3.63) is 58.6 Å². The highest BCUT2D eigenvalue weighted by atomic mass is 35.5. The van der Waals surface area contributed by atoms with Crippen molar-refractivity contribution in [3.63, 3.8) is 0 Å². The average Bonchev–Trinajstić information content (AvgIpc) is 2.54. The van der Waals surface area contributed by atoms with Gasteiger partial charge in [0.25, 0.3) is 5.91 Å². The lowest BCUT2D eigenvalue weighted by Crippen LogP contribution is -2.27. The smallest absolute Gasteiger partial charge is 0.255 e. The second-order valence-electron chi connectivity index (χ2n) is 4.76. The molecule has 116 valence electrons. The van der Waals surface area contributed by atoms with Gasteiger partial charge in [0.15, 0.2) is 11.5 Å². The van der Waals surface area contributed by atoms with E-state index in [0.717, 1.165) is 5.56 Å². The Labute approximate surface area is 135 Å². The van der Waals surface area contributed by atoms with E-state index in [2.05, 4.69) is 5.32 Å². The number of carbonyl (C=O) groups excluding carboxylic acids is 1. The predicted octanol–water partition coefficient (Wildman–Crippen LogP) is 3.85. The van der Waals surface area contributed by atoms with Gasteiger partial charge in [0.2, 0.25) is 0 Å². The zero-order chi connectivity index (χ0) is 16.1. The van der Waals surface area contributed by atoms with Crippen LogP contribution in [-0.2, 0) is 0 Å². The number of benzene rings is 2. The third-order valence-corrected chi connectivity index (χ3v) is 3.71. The van der Waals surface area contributed by atoms with Crippen LogP contribution in [0.15, 0.2) is 42.5 Å². The molecule has 0 spiro atoms. The molecular formula is C17H18ClNO3. The van der Waals surface area contributed by atoms with E-state index < -0.39 is 0 Å². The number of nitrogens with one attached hydrogen (secondary N) is 1. The number of hydrogen-bond donors (Lipinski definition) is 1. The highest BCUT2D eigenvalue weighted by Gasteiger charge is 2.19. The number of halogens is 1. The number of hydrogen-bond acceptors (Lipinski definition) is 3. The molecule has 0 saturated carbocycles. The lowest BCUT2D eigenvalue weighted by molar-refractivity contribution is 0.0936. The molecule has 2 aromatic rings. The molecule has 1 atom stereocenters. The molecule has 1 amide bonds. The second kappa shape index (κ2) is 7.18. The van der Waals surface area contributed by atoms with Crippen molar-refractivity contribution >= 4 is 17.5 Å². The second-order valence-corrected chi connectivity index (χ2v) is 5.16. The van der Waals surface area contributed by atoms with Crippen LogP contribution < -0.4 is 14.8 Å². The van der Waals surface area contributed by atoms with E-state index >= 15 is 0 Å². The number of amides is 1. The third kappa shape index (κ3) is 3.34. The van der Waals surface area contributed by atoms with Gasteiger partial charge in [-0.2, -0.15) is 0 Å². The van der Waals surface area contributed by atoms with Crippen molar-refractivity contribution in [2.24, 2.45) is 0 Å². The van der Waals surface area contributed by atoms with Crippen molar-refractivity contribution in [1.29, 1.82) is 0 Å². The molecule has 5 heteroatoms. The molecule has 0 saturated heterocycles. The molecule has 0 bridgehead atoms. The maximum Gasteiger partial charge on any atom is 0.255 e. The van der Waals surface area contributed by atoms with Gasteiger partial charge in [-0.15, -0.1) is 0 Å². The maximum absolute atomic E-state index is 12.5. The molecule has 0 heterocycles. The lowest BCUT2D eigenvalue weighted by Gasteiger charge is -2.17. The molecule has 0 unspecified atom stereocenters. The minimum atomic E-state index is -0.247. The van der Waals surface area contributed by atoms with E-state index in [-0.39, 0.29) is 11.9 Å². The molecule has 0 radical (unpaired) electrons. The summed E-state index contributed by atoms with van der Waals surface area (Å²) in [5, 5.41) is 3.54. The fourth-order valence-electron chi connectivity index (χ4n) is 2.24. The minimum absolute atomic E-state index is 0.225. The highest BCUT2D eigenvalue weighted by molar-refractivity contribution is 6.31. The summed E-state index contributed by atoms with van der Waals surface area (Å²) < 4.78 is 10.5. The van der Waals surface area contributed by atoms with Crippen LogP contribution in [0.2, 0.25) is 5.02 Å². The minimum Gasteiger partial charge on any atom is -0.493 e. The quantitative estimate of drug-likeness (QED) is 0.910. The Balaban J connectivity index is 2.25. The Morgan fingerprint density at radius 2 is 1.82 bits per heavy atom.